The number of nitrogens with zero attached hydrogens (tertiary/aromatic N) is 2. The number of rotatable bonds is 6. The molecular weight excluding hydrogens is 258 g/mol. The SMILES string of the molecule is CNC(CN1CCN(C)CC1)c1ccc(CC(C)C)cc1. The van der Waals surface area contributed by atoms with Crippen LogP contribution in [0.2, 0.25) is 0 Å². The van der Waals surface area contributed by atoms with Gasteiger partial charge in [0.1, 0.15) is 0 Å². The van der Waals surface area contributed by atoms with Crippen LogP contribution in [0.25, 0.3) is 0 Å². The highest BCUT2D eigenvalue weighted by atomic mass is 15.3. The number of benzene rings is 1. The number of hydrogen-bond donors (Lipinski definition) is 1. The molecule has 0 aliphatic carbocycles. The zero-order chi connectivity index (χ0) is 15.2. The monoisotopic (exact) mass is 289 g/mol. The third-order valence-corrected chi connectivity index (χ3v) is 4.41. The van der Waals surface area contributed by atoms with Gasteiger partial charge in [0.2, 0.25) is 0 Å². The molecule has 1 atom stereocenters. The maximum absolute atomic E-state index is 3.48. The van der Waals surface area contributed by atoms with Crippen LogP contribution in [-0.4, -0.2) is 56.6 Å². The second-order valence-electron chi connectivity index (χ2n) is 6.78. The molecule has 1 N–H and O–H groups in total. The first-order chi connectivity index (χ1) is 10.1. The van der Waals surface area contributed by atoms with Crippen LogP contribution >= 0.6 is 0 Å². The Morgan fingerprint density at radius 2 is 1.67 bits per heavy atom. The maximum Gasteiger partial charge on any atom is 0.0446 e. The Labute approximate surface area is 130 Å². The molecule has 1 heterocycles. The minimum atomic E-state index is 0.432. The predicted molar refractivity (Wildman–Crippen MR) is 90.7 cm³/mol. The Morgan fingerprint density at radius 1 is 1.05 bits per heavy atom. The molecule has 1 saturated heterocycles. The second-order valence-corrected chi connectivity index (χ2v) is 6.78. The van der Waals surface area contributed by atoms with Gasteiger partial charge in [-0.1, -0.05) is 38.1 Å². The van der Waals surface area contributed by atoms with E-state index < -0.39 is 0 Å². The lowest BCUT2D eigenvalue weighted by Gasteiger charge is -2.34. The van der Waals surface area contributed by atoms with Crippen LogP contribution in [0.15, 0.2) is 24.3 Å². The fraction of sp³-hybridized carbons (Fsp3) is 0.667. The molecule has 0 bridgehead atoms. The van der Waals surface area contributed by atoms with Crippen molar-refractivity contribution in [2.24, 2.45) is 5.92 Å². The molecule has 118 valence electrons. The molecule has 0 radical (unpaired) electrons. The highest BCUT2D eigenvalue weighted by molar-refractivity contribution is 5.25. The van der Waals surface area contributed by atoms with Crippen molar-refractivity contribution in [3.63, 3.8) is 0 Å². The molecule has 1 aliphatic heterocycles. The molecule has 1 aliphatic rings. The quantitative estimate of drug-likeness (QED) is 0.867. The van der Waals surface area contributed by atoms with Gasteiger partial charge in [-0.15, -0.1) is 0 Å². The smallest absolute Gasteiger partial charge is 0.0446 e. The molecule has 0 amide bonds. The van der Waals surface area contributed by atoms with E-state index in [0.717, 1.165) is 12.5 Å². The van der Waals surface area contributed by atoms with Crippen LogP contribution in [0.3, 0.4) is 0 Å². The van der Waals surface area contributed by atoms with Crippen molar-refractivity contribution in [1.82, 2.24) is 15.1 Å². The highest BCUT2D eigenvalue weighted by Gasteiger charge is 2.18. The van der Waals surface area contributed by atoms with E-state index in [0.29, 0.717) is 6.04 Å². The summed E-state index contributed by atoms with van der Waals surface area (Å²) in [6.45, 7) is 10.4. The first kappa shape index (κ1) is 16.5. The standard InChI is InChI=1S/C18H31N3/c1-15(2)13-16-5-7-17(8-6-16)18(19-3)14-21-11-9-20(4)10-12-21/h5-8,15,18-19H,9-14H2,1-4H3. The molecule has 1 fully saturated rings. The molecule has 2 rings (SSSR count). The molecule has 0 aromatic heterocycles. The fourth-order valence-electron chi connectivity index (χ4n) is 3.01. The van der Waals surface area contributed by atoms with Crippen molar-refractivity contribution in [2.75, 3.05) is 46.8 Å². The van der Waals surface area contributed by atoms with Crippen LogP contribution in [0.5, 0.6) is 0 Å². The third kappa shape index (κ3) is 5.10. The van der Waals surface area contributed by atoms with E-state index in [-0.39, 0.29) is 0 Å². The lowest BCUT2D eigenvalue weighted by Crippen LogP contribution is -2.47. The number of likely N-dealkylation sites (N-methyl/N-ethyl adjacent to an activating group) is 2. The number of nitrogens with one attached hydrogen (secondary N) is 1. The van der Waals surface area contributed by atoms with Crippen molar-refractivity contribution >= 4 is 0 Å². The van der Waals surface area contributed by atoms with Crippen molar-refractivity contribution in [3.05, 3.63) is 35.4 Å². The van der Waals surface area contributed by atoms with Gasteiger partial charge in [-0.3, -0.25) is 4.90 Å². The van der Waals surface area contributed by atoms with Crippen LogP contribution < -0.4 is 5.32 Å². The molecule has 3 heteroatoms. The van der Waals surface area contributed by atoms with Gasteiger partial charge in [0, 0.05) is 38.8 Å². The predicted octanol–water partition coefficient (Wildman–Crippen LogP) is 2.39. The van der Waals surface area contributed by atoms with Crippen molar-refractivity contribution in [1.29, 1.82) is 0 Å². The van der Waals surface area contributed by atoms with Gasteiger partial charge in [-0.05, 0) is 37.6 Å². The number of hydrogen-bond acceptors (Lipinski definition) is 3. The van der Waals surface area contributed by atoms with Crippen molar-refractivity contribution in [2.45, 2.75) is 26.3 Å². The van der Waals surface area contributed by atoms with E-state index >= 15 is 0 Å². The molecule has 1 aromatic carbocycles. The largest absolute Gasteiger partial charge is 0.312 e. The Morgan fingerprint density at radius 3 is 2.19 bits per heavy atom. The van der Waals surface area contributed by atoms with Gasteiger partial charge < -0.3 is 10.2 Å². The summed E-state index contributed by atoms with van der Waals surface area (Å²) in [5.74, 6) is 0.723. The van der Waals surface area contributed by atoms with E-state index in [2.05, 4.69) is 67.3 Å². The third-order valence-electron chi connectivity index (χ3n) is 4.41. The summed E-state index contributed by atoms with van der Waals surface area (Å²) in [6.07, 6.45) is 1.17. The van der Waals surface area contributed by atoms with Crippen LogP contribution in [0.1, 0.15) is 31.0 Å². The molecule has 3 nitrogen and oxygen atoms in total. The summed E-state index contributed by atoms with van der Waals surface area (Å²) in [6, 6.07) is 9.62. The van der Waals surface area contributed by atoms with Gasteiger partial charge in [0.25, 0.3) is 0 Å². The second kappa shape index (κ2) is 7.92. The zero-order valence-corrected chi connectivity index (χ0v) is 14.1. The fourth-order valence-corrected chi connectivity index (χ4v) is 3.01. The molecular formula is C18H31N3. The average molecular weight is 289 g/mol. The molecule has 0 spiro atoms. The summed E-state index contributed by atoms with van der Waals surface area (Å²) in [4.78, 5) is 4.98. The minimum absolute atomic E-state index is 0.432. The average Bonchev–Trinajstić information content (AvgIpc) is 2.47. The first-order valence-electron chi connectivity index (χ1n) is 8.25. The summed E-state index contributed by atoms with van der Waals surface area (Å²) >= 11 is 0. The zero-order valence-electron chi connectivity index (χ0n) is 14.1. The summed E-state index contributed by atoms with van der Waals surface area (Å²) < 4.78 is 0. The van der Waals surface area contributed by atoms with Crippen LogP contribution in [-0.2, 0) is 6.42 Å². The normalized spacial score (nSPS) is 19.1. The lowest BCUT2D eigenvalue weighted by atomic mass is 9.99. The Balaban J connectivity index is 1.93. The van der Waals surface area contributed by atoms with Crippen LogP contribution in [0.4, 0.5) is 0 Å². The van der Waals surface area contributed by atoms with Gasteiger partial charge in [0.05, 0.1) is 0 Å². The van der Waals surface area contributed by atoms with Gasteiger partial charge >= 0.3 is 0 Å². The van der Waals surface area contributed by atoms with Gasteiger partial charge in [0.15, 0.2) is 0 Å². The van der Waals surface area contributed by atoms with E-state index in [1.807, 2.05) is 0 Å². The Hall–Kier alpha value is -0.900. The van der Waals surface area contributed by atoms with E-state index in [1.165, 1.54) is 43.7 Å². The summed E-state index contributed by atoms with van der Waals surface area (Å²) in [5.41, 5.74) is 2.85. The molecule has 0 saturated carbocycles. The molecule has 1 unspecified atom stereocenters. The van der Waals surface area contributed by atoms with Gasteiger partial charge in [-0.25, -0.2) is 0 Å². The van der Waals surface area contributed by atoms with Crippen molar-refractivity contribution < 1.29 is 0 Å². The van der Waals surface area contributed by atoms with Crippen LogP contribution in [0, 0.1) is 5.92 Å². The highest BCUT2D eigenvalue weighted by Crippen LogP contribution is 2.17. The lowest BCUT2D eigenvalue weighted by molar-refractivity contribution is 0.143. The van der Waals surface area contributed by atoms with Gasteiger partial charge in [-0.2, -0.15) is 0 Å². The van der Waals surface area contributed by atoms with Crippen molar-refractivity contribution in [3.8, 4) is 0 Å². The Kier molecular flexibility index (Phi) is 6.22. The topological polar surface area (TPSA) is 18.5 Å². The van der Waals surface area contributed by atoms with E-state index in [1.54, 1.807) is 0 Å². The molecule has 1 aromatic rings. The maximum atomic E-state index is 3.48. The minimum Gasteiger partial charge on any atom is -0.312 e. The van der Waals surface area contributed by atoms with E-state index in [4.69, 9.17) is 0 Å². The van der Waals surface area contributed by atoms with E-state index in [9.17, 15) is 0 Å². The summed E-state index contributed by atoms with van der Waals surface area (Å²) in [7, 11) is 4.28. The first-order valence-corrected chi connectivity index (χ1v) is 8.25. The summed E-state index contributed by atoms with van der Waals surface area (Å²) in [5, 5.41) is 3.48. The molecule has 21 heavy (non-hydrogen) atoms. The number of piperazine rings is 1. The Bertz CT molecular complexity index is 405.